The van der Waals surface area contributed by atoms with Crippen molar-refractivity contribution in [3.05, 3.63) is 59.4 Å². The zero-order valence-electron chi connectivity index (χ0n) is 14.3. The molecular weight excluding hydrogens is 300 g/mol. The van der Waals surface area contributed by atoms with Crippen molar-refractivity contribution in [3.63, 3.8) is 0 Å². The zero-order chi connectivity index (χ0) is 17.1. The molecule has 2 heterocycles. The molecule has 0 radical (unpaired) electrons. The van der Waals surface area contributed by atoms with Gasteiger partial charge >= 0.3 is 0 Å². The molecule has 1 aromatic carbocycles. The van der Waals surface area contributed by atoms with Gasteiger partial charge in [0.15, 0.2) is 0 Å². The molecule has 1 fully saturated rings. The number of likely N-dealkylation sites (N-methyl/N-ethyl adjacent to an activating group) is 1. The number of benzene rings is 1. The molecule has 0 spiro atoms. The molecule has 3 rings (SSSR count). The van der Waals surface area contributed by atoms with Gasteiger partial charge in [0.1, 0.15) is 0 Å². The van der Waals surface area contributed by atoms with Gasteiger partial charge in [0.2, 0.25) is 0 Å². The Balaban J connectivity index is 1.79. The molecule has 0 saturated carbocycles. The number of aromatic nitrogens is 1. The summed E-state index contributed by atoms with van der Waals surface area (Å²) in [6.45, 7) is 6.34. The van der Waals surface area contributed by atoms with Gasteiger partial charge in [-0.1, -0.05) is 19.1 Å². The molecule has 0 bridgehead atoms. The van der Waals surface area contributed by atoms with Gasteiger partial charge in [-0.2, -0.15) is 0 Å². The van der Waals surface area contributed by atoms with E-state index in [1.54, 1.807) is 18.3 Å². The first kappa shape index (κ1) is 16.5. The lowest BCUT2D eigenvalue weighted by Gasteiger charge is -2.34. The van der Waals surface area contributed by atoms with Crippen LogP contribution in [0.2, 0.25) is 0 Å². The molecule has 24 heavy (non-hydrogen) atoms. The Bertz CT molecular complexity index is 706. The van der Waals surface area contributed by atoms with Crippen molar-refractivity contribution in [2.75, 3.05) is 38.1 Å². The summed E-state index contributed by atoms with van der Waals surface area (Å²) >= 11 is 0. The van der Waals surface area contributed by atoms with Gasteiger partial charge in [0.25, 0.3) is 5.91 Å². The average Bonchev–Trinajstić information content (AvgIpc) is 2.62. The second kappa shape index (κ2) is 7.01. The van der Waals surface area contributed by atoms with Gasteiger partial charge in [0.05, 0.1) is 11.3 Å². The lowest BCUT2D eigenvalue weighted by Crippen LogP contribution is -2.44. The van der Waals surface area contributed by atoms with E-state index in [9.17, 15) is 4.79 Å². The summed E-state index contributed by atoms with van der Waals surface area (Å²) in [4.78, 5) is 20.7. The number of carbonyl (C=O) groups is 1. The number of carbonyl (C=O) groups excluding carboxylic acids is 1. The lowest BCUT2D eigenvalue weighted by molar-refractivity contribution is 0.0998. The zero-order valence-corrected chi connectivity index (χ0v) is 14.3. The van der Waals surface area contributed by atoms with E-state index in [1.807, 2.05) is 0 Å². The standard InChI is InChI=1S/C19H24N4O/c1-14(18-17(19(20)24)4-3-9-21-18)15-5-7-16(8-6-15)23-12-10-22(2)11-13-23/h3-9,14H,10-13H2,1-2H3,(H2,20,24)/t14-/m0/s1. The number of primary amides is 1. The number of piperazine rings is 1. The number of nitrogens with zero attached hydrogens (tertiary/aromatic N) is 3. The van der Waals surface area contributed by atoms with E-state index >= 15 is 0 Å². The van der Waals surface area contributed by atoms with Crippen LogP contribution in [0.15, 0.2) is 42.6 Å². The van der Waals surface area contributed by atoms with Crippen LogP contribution in [-0.2, 0) is 0 Å². The summed E-state index contributed by atoms with van der Waals surface area (Å²) in [5, 5.41) is 0. The minimum Gasteiger partial charge on any atom is -0.369 e. The maximum absolute atomic E-state index is 11.6. The summed E-state index contributed by atoms with van der Waals surface area (Å²) in [6.07, 6.45) is 1.71. The lowest BCUT2D eigenvalue weighted by atomic mass is 9.93. The van der Waals surface area contributed by atoms with Crippen molar-refractivity contribution in [2.24, 2.45) is 5.73 Å². The van der Waals surface area contributed by atoms with Gasteiger partial charge in [-0.05, 0) is 36.9 Å². The van der Waals surface area contributed by atoms with Gasteiger partial charge in [0, 0.05) is 44.0 Å². The molecule has 2 N–H and O–H groups in total. The van der Waals surface area contributed by atoms with E-state index in [-0.39, 0.29) is 5.92 Å². The van der Waals surface area contributed by atoms with Crippen molar-refractivity contribution in [1.29, 1.82) is 0 Å². The molecule has 0 unspecified atom stereocenters. The maximum atomic E-state index is 11.6. The topological polar surface area (TPSA) is 62.5 Å². The number of hydrogen-bond acceptors (Lipinski definition) is 4. The van der Waals surface area contributed by atoms with E-state index in [0.29, 0.717) is 5.56 Å². The minimum absolute atomic E-state index is 0.0234. The first-order chi connectivity index (χ1) is 11.6. The molecule has 2 aromatic rings. The summed E-state index contributed by atoms with van der Waals surface area (Å²) < 4.78 is 0. The molecule has 0 aliphatic carbocycles. The number of rotatable bonds is 4. The normalized spacial score (nSPS) is 16.8. The SMILES string of the molecule is C[C@@H](c1ccc(N2CCN(C)CC2)cc1)c1ncccc1C(N)=O. The van der Waals surface area contributed by atoms with Gasteiger partial charge in [-0.15, -0.1) is 0 Å². The number of anilines is 1. The van der Waals surface area contributed by atoms with Gasteiger partial charge in [-0.25, -0.2) is 0 Å². The van der Waals surface area contributed by atoms with Crippen molar-refractivity contribution >= 4 is 11.6 Å². The van der Waals surface area contributed by atoms with Crippen LogP contribution in [0, 0.1) is 0 Å². The molecule has 1 aliphatic heterocycles. The Morgan fingerprint density at radius 2 is 1.79 bits per heavy atom. The molecular formula is C19H24N4O. The fourth-order valence-corrected chi connectivity index (χ4v) is 3.17. The minimum atomic E-state index is -0.431. The third-order valence-electron chi connectivity index (χ3n) is 4.78. The largest absolute Gasteiger partial charge is 0.369 e. The van der Waals surface area contributed by atoms with Crippen molar-refractivity contribution in [1.82, 2.24) is 9.88 Å². The average molecular weight is 324 g/mol. The summed E-state index contributed by atoms with van der Waals surface area (Å²) in [5.74, 6) is -0.408. The molecule has 1 amide bonds. The van der Waals surface area contributed by atoms with Crippen molar-refractivity contribution in [3.8, 4) is 0 Å². The van der Waals surface area contributed by atoms with Crippen LogP contribution < -0.4 is 10.6 Å². The monoisotopic (exact) mass is 324 g/mol. The number of hydrogen-bond donors (Lipinski definition) is 1. The highest BCUT2D eigenvalue weighted by Gasteiger charge is 2.18. The fourth-order valence-electron chi connectivity index (χ4n) is 3.17. The Morgan fingerprint density at radius 1 is 1.12 bits per heavy atom. The fraction of sp³-hybridized carbons (Fsp3) is 0.368. The number of nitrogens with two attached hydrogens (primary N) is 1. The Labute approximate surface area is 143 Å². The van der Waals surface area contributed by atoms with Gasteiger partial charge in [-0.3, -0.25) is 9.78 Å². The van der Waals surface area contributed by atoms with Crippen LogP contribution >= 0.6 is 0 Å². The van der Waals surface area contributed by atoms with Crippen LogP contribution in [0.4, 0.5) is 5.69 Å². The summed E-state index contributed by atoms with van der Waals surface area (Å²) in [7, 11) is 2.16. The van der Waals surface area contributed by atoms with E-state index in [4.69, 9.17) is 5.73 Å². The van der Waals surface area contributed by atoms with Crippen molar-refractivity contribution < 1.29 is 4.79 Å². The van der Waals surface area contributed by atoms with Crippen LogP contribution in [-0.4, -0.2) is 49.0 Å². The van der Waals surface area contributed by atoms with E-state index in [2.05, 4.69) is 53.0 Å². The van der Waals surface area contributed by atoms with Crippen LogP contribution in [0.5, 0.6) is 0 Å². The summed E-state index contributed by atoms with van der Waals surface area (Å²) in [5.41, 5.74) is 9.08. The summed E-state index contributed by atoms with van der Waals surface area (Å²) in [6, 6.07) is 12.0. The molecule has 1 atom stereocenters. The Kier molecular flexibility index (Phi) is 4.81. The highest BCUT2D eigenvalue weighted by atomic mass is 16.1. The van der Waals surface area contributed by atoms with Crippen LogP contribution in [0.1, 0.15) is 34.5 Å². The predicted molar refractivity (Wildman–Crippen MR) is 96.4 cm³/mol. The smallest absolute Gasteiger partial charge is 0.250 e. The molecule has 1 aliphatic rings. The van der Waals surface area contributed by atoms with E-state index in [0.717, 1.165) is 37.4 Å². The quantitative estimate of drug-likeness (QED) is 0.935. The van der Waals surface area contributed by atoms with Crippen LogP contribution in [0.3, 0.4) is 0 Å². The Hall–Kier alpha value is -2.40. The second-order valence-corrected chi connectivity index (χ2v) is 6.40. The number of pyridine rings is 1. The maximum Gasteiger partial charge on any atom is 0.250 e. The third kappa shape index (κ3) is 3.41. The van der Waals surface area contributed by atoms with E-state index < -0.39 is 5.91 Å². The predicted octanol–water partition coefficient (Wildman–Crippen LogP) is 2.08. The molecule has 1 saturated heterocycles. The number of amides is 1. The van der Waals surface area contributed by atoms with E-state index in [1.165, 1.54) is 5.69 Å². The highest BCUT2D eigenvalue weighted by Crippen LogP contribution is 2.27. The first-order valence-corrected chi connectivity index (χ1v) is 8.34. The van der Waals surface area contributed by atoms with Crippen molar-refractivity contribution in [2.45, 2.75) is 12.8 Å². The third-order valence-corrected chi connectivity index (χ3v) is 4.78. The second-order valence-electron chi connectivity index (χ2n) is 6.40. The highest BCUT2D eigenvalue weighted by molar-refractivity contribution is 5.94. The first-order valence-electron chi connectivity index (χ1n) is 8.34. The molecule has 5 heteroatoms. The molecule has 1 aromatic heterocycles. The molecule has 126 valence electrons. The van der Waals surface area contributed by atoms with Gasteiger partial charge < -0.3 is 15.5 Å². The Morgan fingerprint density at radius 3 is 2.42 bits per heavy atom. The molecule has 5 nitrogen and oxygen atoms in total. The van der Waals surface area contributed by atoms with Crippen LogP contribution in [0.25, 0.3) is 0 Å².